The van der Waals surface area contributed by atoms with Gasteiger partial charge in [-0.1, -0.05) is 6.07 Å². The lowest BCUT2D eigenvalue weighted by Gasteiger charge is -2.09. The molecular formula is C10H9BrF3NO2. The Hall–Kier alpha value is -1.08. The molecule has 0 aliphatic rings. The molecule has 0 saturated heterocycles. The van der Waals surface area contributed by atoms with E-state index in [0.717, 1.165) is 5.56 Å². The fraction of sp³-hybridized carbons (Fsp3) is 0.300. The summed E-state index contributed by atoms with van der Waals surface area (Å²) in [6.45, 7) is 0.300. The van der Waals surface area contributed by atoms with E-state index in [1.54, 1.807) is 17.6 Å². The molecule has 17 heavy (non-hydrogen) atoms. The van der Waals surface area contributed by atoms with Gasteiger partial charge in [0.15, 0.2) is 6.61 Å². The number of aryl methyl sites for hydroxylation is 1. The molecule has 0 fully saturated rings. The number of amides is 1. The highest BCUT2D eigenvalue weighted by Crippen LogP contribution is 2.18. The van der Waals surface area contributed by atoms with Crippen molar-refractivity contribution in [3.63, 3.8) is 0 Å². The molecule has 1 aromatic carbocycles. The minimum absolute atomic E-state index is 0.206. The van der Waals surface area contributed by atoms with Gasteiger partial charge in [-0.2, -0.15) is 13.2 Å². The summed E-state index contributed by atoms with van der Waals surface area (Å²) in [5.74, 6) is -0.735. The minimum atomic E-state index is -4.47. The minimum Gasteiger partial charge on any atom is -0.267 e. The summed E-state index contributed by atoms with van der Waals surface area (Å²) in [4.78, 5) is 15.5. The lowest BCUT2D eigenvalue weighted by Crippen LogP contribution is -2.29. The van der Waals surface area contributed by atoms with Gasteiger partial charge in [0.25, 0.3) is 5.91 Å². The van der Waals surface area contributed by atoms with E-state index in [1.165, 1.54) is 6.07 Å². The molecule has 1 aromatic rings. The topological polar surface area (TPSA) is 38.3 Å². The second-order valence-electron chi connectivity index (χ2n) is 3.32. The third-order valence-electron chi connectivity index (χ3n) is 1.77. The van der Waals surface area contributed by atoms with Crippen LogP contribution in [0.2, 0.25) is 0 Å². The molecule has 0 unspecified atom stereocenters. The Bertz CT molecular complexity index is 421. The number of hydrogen-bond donors (Lipinski definition) is 1. The van der Waals surface area contributed by atoms with Crippen LogP contribution in [0, 0.1) is 6.92 Å². The van der Waals surface area contributed by atoms with Crippen LogP contribution in [0.4, 0.5) is 13.2 Å². The predicted octanol–water partition coefficient (Wildman–Crippen LogP) is 2.98. The number of hydroxylamine groups is 1. The average molecular weight is 312 g/mol. The Morgan fingerprint density at radius 1 is 1.47 bits per heavy atom. The van der Waals surface area contributed by atoms with Gasteiger partial charge in [-0.25, -0.2) is 5.48 Å². The summed E-state index contributed by atoms with van der Waals surface area (Å²) >= 11 is 3.14. The molecule has 1 amide bonds. The van der Waals surface area contributed by atoms with Crippen molar-refractivity contribution in [2.75, 3.05) is 6.61 Å². The Labute approximate surface area is 104 Å². The van der Waals surface area contributed by atoms with Gasteiger partial charge in [0, 0.05) is 4.47 Å². The van der Waals surface area contributed by atoms with Crippen LogP contribution < -0.4 is 5.48 Å². The smallest absolute Gasteiger partial charge is 0.267 e. The van der Waals surface area contributed by atoms with Crippen LogP contribution in [0.3, 0.4) is 0 Å². The number of halogens is 4. The number of benzene rings is 1. The highest BCUT2D eigenvalue weighted by atomic mass is 79.9. The lowest BCUT2D eigenvalue weighted by atomic mass is 10.1. The van der Waals surface area contributed by atoms with Gasteiger partial charge >= 0.3 is 6.18 Å². The fourth-order valence-electron chi connectivity index (χ4n) is 1.04. The largest absolute Gasteiger partial charge is 0.414 e. The zero-order chi connectivity index (χ0) is 13.1. The average Bonchev–Trinajstić information content (AvgIpc) is 2.15. The SMILES string of the molecule is Cc1ccc(C(=O)NOCC(F)(F)F)c(Br)c1. The monoisotopic (exact) mass is 311 g/mol. The first kappa shape index (κ1) is 14.0. The third-order valence-corrected chi connectivity index (χ3v) is 2.43. The van der Waals surface area contributed by atoms with Gasteiger partial charge < -0.3 is 0 Å². The number of rotatable bonds is 3. The number of carbonyl (C=O) groups excluding carboxylic acids is 1. The Balaban J connectivity index is 2.59. The van der Waals surface area contributed by atoms with Gasteiger partial charge in [-0.15, -0.1) is 0 Å². The van der Waals surface area contributed by atoms with Crippen molar-refractivity contribution in [1.29, 1.82) is 0 Å². The van der Waals surface area contributed by atoms with Crippen molar-refractivity contribution in [2.45, 2.75) is 13.1 Å². The van der Waals surface area contributed by atoms with E-state index in [4.69, 9.17) is 0 Å². The summed E-state index contributed by atoms with van der Waals surface area (Å²) < 4.78 is 35.8. The zero-order valence-electron chi connectivity index (χ0n) is 8.77. The van der Waals surface area contributed by atoms with Crippen LogP contribution in [0.1, 0.15) is 15.9 Å². The van der Waals surface area contributed by atoms with Gasteiger partial charge in [0.1, 0.15) is 0 Å². The molecule has 0 radical (unpaired) electrons. The molecule has 0 aliphatic heterocycles. The van der Waals surface area contributed by atoms with Gasteiger partial charge in [0.05, 0.1) is 5.56 Å². The van der Waals surface area contributed by atoms with Crippen LogP contribution in [0.5, 0.6) is 0 Å². The molecule has 1 N–H and O–H groups in total. The normalized spacial score (nSPS) is 11.4. The molecule has 0 heterocycles. The Morgan fingerprint density at radius 3 is 2.65 bits per heavy atom. The Kier molecular flexibility index (Phi) is 4.53. The molecular weight excluding hydrogens is 303 g/mol. The van der Waals surface area contributed by atoms with Crippen molar-refractivity contribution in [3.05, 3.63) is 33.8 Å². The molecule has 3 nitrogen and oxygen atoms in total. The number of hydrogen-bond acceptors (Lipinski definition) is 2. The maximum absolute atomic E-state index is 11.8. The molecule has 0 bridgehead atoms. The third kappa shape index (κ3) is 4.74. The number of carbonyl (C=O) groups is 1. The van der Waals surface area contributed by atoms with Crippen molar-refractivity contribution in [2.24, 2.45) is 0 Å². The molecule has 0 aliphatic carbocycles. The summed E-state index contributed by atoms with van der Waals surface area (Å²) in [7, 11) is 0. The Morgan fingerprint density at radius 2 is 2.12 bits per heavy atom. The molecule has 0 aromatic heterocycles. The summed E-state index contributed by atoms with van der Waals surface area (Å²) in [6.07, 6.45) is -4.47. The standard InChI is InChI=1S/C10H9BrF3NO2/c1-6-2-3-7(8(11)4-6)9(16)15-17-5-10(12,13)14/h2-4H,5H2,1H3,(H,15,16). The first-order chi connectivity index (χ1) is 7.79. The molecule has 94 valence electrons. The fourth-order valence-corrected chi connectivity index (χ4v) is 1.72. The summed E-state index contributed by atoms with van der Waals surface area (Å²) in [5, 5.41) is 0. The van der Waals surface area contributed by atoms with E-state index in [-0.39, 0.29) is 5.56 Å². The summed E-state index contributed by atoms with van der Waals surface area (Å²) in [5.41, 5.74) is 2.85. The first-order valence-electron chi connectivity index (χ1n) is 4.54. The van der Waals surface area contributed by atoms with Crippen LogP contribution in [-0.2, 0) is 4.84 Å². The highest BCUT2D eigenvalue weighted by Gasteiger charge is 2.28. The van der Waals surface area contributed by atoms with Gasteiger partial charge in [-0.05, 0) is 40.5 Å². The van der Waals surface area contributed by atoms with Gasteiger partial charge in [-0.3, -0.25) is 9.63 Å². The number of nitrogens with one attached hydrogen (secondary N) is 1. The van der Waals surface area contributed by atoms with Crippen molar-refractivity contribution in [3.8, 4) is 0 Å². The van der Waals surface area contributed by atoms with Crippen LogP contribution in [-0.4, -0.2) is 18.7 Å². The maximum atomic E-state index is 11.8. The molecule has 0 saturated carbocycles. The zero-order valence-corrected chi connectivity index (χ0v) is 10.4. The second-order valence-corrected chi connectivity index (χ2v) is 4.17. The highest BCUT2D eigenvalue weighted by molar-refractivity contribution is 9.10. The van der Waals surface area contributed by atoms with E-state index >= 15 is 0 Å². The van der Waals surface area contributed by atoms with E-state index in [0.29, 0.717) is 4.47 Å². The van der Waals surface area contributed by atoms with Crippen molar-refractivity contribution in [1.82, 2.24) is 5.48 Å². The van der Waals surface area contributed by atoms with Crippen LogP contribution >= 0.6 is 15.9 Å². The molecule has 0 atom stereocenters. The van der Waals surface area contributed by atoms with E-state index in [2.05, 4.69) is 20.8 Å². The summed E-state index contributed by atoms with van der Waals surface area (Å²) in [6, 6.07) is 4.84. The van der Waals surface area contributed by atoms with Crippen LogP contribution in [0.15, 0.2) is 22.7 Å². The van der Waals surface area contributed by atoms with Gasteiger partial charge in [0.2, 0.25) is 0 Å². The second kappa shape index (κ2) is 5.50. The predicted molar refractivity (Wildman–Crippen MR) is 58.4 cm³/mol. The first-order valence-corrected chi connectivity index (χ1v) is 5.34. The molecule has 1 rings (SSSR count). The van der Waals surface area contributed by atoms with E-state index in [9.17, 15) is 18.0 Å². The maximum Gasteiger partial charge on any atom is 0.414 e. The van der Waals surface area contributed by atoms with Crippen molar-refractivity contribution >= 4 is 21.8 Å². The molecule has 7 heteroatoms. The molecule has 0 spiro atoms. The lowest BCUT2D eigenvalue weighted by molar-refractivity contribution is -0.184. The van der Waals surface area contributed by atoms with Crippen LogP contribution in [0.25, 0.3) is 0 Å². The van der Waals surface area contributed by atoms with E-state index in [1.807, 2.05) is 6.92 Å². The number of alkyl halides is 3. The van der Waals surface area contributed by atoms with E-state index < -0.39 is 18.7 Å². The van der Waals surface area contributed by atoms with Crippen molar-refractivity contribution < 1.29 is 22.8 Å². The quantitative estimate of drug-likeness (QED) is 0.872.